The minimum atomic E-state index is 0.564. The van der Waals surface area contributed by atoms with Gasteiger partial charge >= 0.3 is 0 Å². The molecule has 0 heterocycles. The van der Waals surface area contributed by atoms with E-state index in [2.05, 4.69) is 22.6 Å². The van der Waals surface area contributed by atoms with Crippen LogP contribution in [-0.4, -0.2) is 0 Å². The number of nitrogens with two attached hydrogens (primary N) is 1. The molecule has 0 aliphatic rings. The minimum absolute atomic E-state index is 0.564. The molecule has 88 valence electrons. The molecule has 0 spiro atoms. The SMILES string of the molecule is Cc1cc(Oc2ccccc2I)ccc1CN. The summed E-state index contributed by atoms with van der Waals surface area (Å²) in [4.78, 5) is 0. The van der Waals surface area contributed by atoms with Crippen LogP contribution < -0.4 is 10.5 Å². The Balaban J connectivity index is 2.25. The van der Waals surface area contributed by atoms with Gasteiger partial charge < -0.3 is 10.5 Å². The summed E-state index contributed by atoms with van der Waals surface area (Å²) in [5, 5.41) is 0. The second kappa shape index (κ2) is 5.51. The summed E-state index contributed by atoms with van der Waals surface area (Å²) in [6.45, 7) is 2.61. The number of ether oxygens (including phenoxy) is 1. The van der Waals surface area contributed by atoms with Gasteiger partial charge in [0, 0.05) is 6.54 Å². The van der Waals surface area contributed by atoms with Gasteiger partial charge in [-0.1, -0.05) is 18.2 Å². The molecule has 0 bridgehead atoms. The molecule has 0 saturated heterocycles. The summed E-state index contributed by atoms with van der Waals surface area (Å²) in [5.74, 6) is 1.73. The summed E-state index contributed by atoms with van der Waals surface area (Å²) in [6.07, 6.45) is 0. The van der Waals surface area contributed by atoms with E-state index in [-0.39, 0.29) is 0 Å². The molecular weight excluding hydrogens is 325 g/mol. The average molecular weight is 339 g/mol. The Morgan fingerprint density at radius 1 is 1.18 bits per heavy atom. The van der Waals surface area contributed by atoms with E-state index in [1.807, 2.05) is 49.4 Å². The summed E-state index contributed by atoms with van der Waals surface area (Å²) in [6, 6.07) is 13.9. The summed E-state index contributed by atoms with van der Waals surface area (Å²) in [7, 11) is 0. The third-order valence-corrected chi connectivity index (χ3v) is 3.49. The van der Waals surface area contributed by atoms with Gasteiger partial charge in [-0.25, -0.2) is 0 Å². The molecule has 0 aliphatic carbocycles. The van der Waals surface area contributed by atoms with Gasteiger partial charge in [-0.3, -0.25) is 0 Å². The Morgan fingerprint density at radius 3 is 2.59 bits per heavy atom. The molecule has 0 radical (unpaired) electrons. The Kier molecular flexibility index (Phi) is 4.02. The van der Waals surface area contributed by atoms with Gasteiger partial charge in [-0.2, -0.15) is 0 Å². The number of para-hydroxylation sites is 1. The lowest BCUT2D eigenvalue weighted by Gasteiger charge is -2.10. The van der Waals surface area contributed by atoms with Crippen molar-refractivity contribution in [2.75, 3.05) is 0 Å². The lowest BCUT2D eigenvalue weighted by molar-refractivity contribution is 0.478. The van der Waals surface area contributed by atoms with E-state index in [0.717, 1.165) is 26.2 Å². The standard InChI is InChI=1S/C14H14INO/c1-10-8-12(7-6-11(10)9-16)17-14-5-3-2-4-13(14)15/h2-8H,9,16H2,1H3. The fourth-order valence-corrected chi connectivity index (χ4v) is 2.11. The number of halogens is 1. The minimum Gasteiger partial charge on any atom is -0.456 e. The Hall–Kier alpha value is -1.07. The van der Waals surface area contributed by atoms with Crippen LogP contribution in [0, 0.1) is 10.5 Å². The van der Waals surface area contributed by atoms with Crippen molar-refractivity contribution >= 4 is 22.6 Å². The van der Waals surface area contributed by atoms with Gasteiger partial charge in [0.05, 0.1) is 3.57 Å². The van der Waals surface area contributed by atoms with Gasteiger partial charge in [0.15, 0.2) is 0 Å². The van der Waals surface area contributed by atoms with E-state index in [9.17, 15) is 0 Å². The highest BCUT2D eigenvalue weighted by Gasteiger charge is 2.03. The molecule has 2 N–H and O–H groups in total. The van der Waals surface area contributed by atoms with Gasteiger partial charge in [-0.05, 0) is 64.9 Å². The quantitative estimate of drug-likeness (QED) is 0.862. The Bertz CT molecular complexity index is 525. The zero-order valence-electron chi connectivity index (χ0n) is 9.61. The fourth-order valence-electron chi connectivity index (χ4n) is 1.62. The maximum Gasteiger partial charge on any atom is 0.140 e. The van der Waals surface area contributed by atoms with Crippen molar-refractivity contribution in [3.05, 3.63) is 57.2 Å². The van der Waals surface area contributed by atoms with E-state index in [1.165, 1.54) is 0 Å². The zero-order valence-corrected chi connectivity index (χ0v) is 11.8. The molecule has 2 rings (SSSR count). The van der Waals surface area contributed by atoms with Crippen molar-refractivity contribution in [1.82, 2.24) is 0 Å². The normalized spacial score (nSPS) is 10.3. The molecule has 0 unspecified atom stereocenters. The van der Waals surface area contributed by atoms with E-state index in [1.54, 1.807) is 0 Å². The first-order valence-electron chi connectivity index (χ1n) is 5.42. The highest BCUT2D eigenvalue weighted by atomic mass is 127. The van der Waals surface area contributed by atoms with E-state index in [4.69, 9.17) is 10.5 Å². The van der Waals surface area contributed by atoms with E-state index in [0.29, 0.717) is 6.54 Å². The van der Waals surface area contributed by atoms with Crippen LogP contribution in [0.5, 0.6) is 11.5 Å². The second-order valence-electron chi connectivity index (χ2n) is 3.82. The largest absolute Gasteiger partial charge is 0.456 e. The highest BCUT2D eigenvalue weighted by molar-refractivity contribution is 14.1. The van der Waals surface area contributed by atoms with Crippen LogP contribution >= 0.6 is 22.6 Å². The average Bonchev–Trinajstić information content (AvgIpc) is 2.32. The summed E-state index contributed by atoms with van der Waals surface area (Å²) in [5.41, 5.74) is 7.95. The molecule has 0 fully saturated rings. The first-order valence-corrected chi connectivity index (χ1v) is 6.50. The molecule has 3 heteroatoms. The van der Waals surface area contributed by atoms with Crippen LogP contribution in [-0.2, 0) is 6.54 Å². The number of hydrogen-bond donors (Lipinski definition) is 1. The molecule has 0 saturated carbocycles. The van der Waals surface area contributed by atoms with Crippen molar-refractivity contribution in [1.29, 1.82) is 0 Å². The number of rotatable bonds is 3. The maximum absolute atomic E-state index is 5.84. The molecule has 2 aromatic rings. The number of benzene rings is 2. The third-order valence-electron chi connectivity index (χ3n) is 2.60. The molecule has 17 heavy (non-hydrogen) atoms. The van der Waals surface area contributed by atoms with Crippen molar-refractivity contribution in [3.8, 4) is 11.5 Å². The van der Waals surface area contributed by atoms with Gasteiger partial charge in [0.2, 0.25) is 0 Å². The van der Waals surface area contributed by atoms with Crippen LogP contribution in [0.25, 0.3) is 0 Å². The predicted octanol–water partition coefficient (Wildman–Crippen LogP) is 3.85. The first kappa shape index (κ1) is 12.4. The first-order chi connectivity index (χ1) is 8.20. The van der Waals surface area contributed by atoms with Gasteiger partial charge in [0.25, 0.3) is 0 Å². The molecule has 2 nitrogen and oxygen atoms in total. The lowest BCUT2D eigenvalue weighted by atomic mass is 10.1. The van der Waals surface area contributed by atoms with Crippen LogP contribution in [0.4, 0.5) is 0 Å². The highest BCUT2D eigenvalue weighted by Crippen LogP contribution is 2.27. The van der Waals surface area contributed by atoms with Crippen LogP contribution in [0.1, 0.15) is 11.1 Å². The summed E-state index contributed by atoms with van der Waals surface area (Å²) >= 11 is 2.26. The van der Waals surface area contributed by atoms with Crippen LogP contribution in [0.15, 0.2) is 42.5 Å². The monoisotopic (exact) mass is 339 g/mol. The van der Waals surface area contributed by atoms with Crippen molar-refractivity contribution in [2.45, 2.75) is 13.5 Å². The summed E-state index contributed by atoms with van der Waals surface area (Å²) < 4.78 is 6.94. The molecule has 0 aliphatic heterocycles. The maximum atomic E-state index is 5.84. The van der Waals surface area contributed by atoms with Crippen molar-refractivity contribution in [3.63, 3.8) is 0 Å². The molecular formula is C14H14INO. The predicted molar refractivity (Wildman–Crippen MR) is 78.3 cm³/mol. The topological polar surface area (TPSA) is 35.2 Å². The van der Waals surface area contributed by atoms with Crippen molar-refractivity contribution < 1.29 is 4.74 Å². The van der Waals surface area contributed by atoms with Crippen molar-refractivity contribution in [2.24, 2.45) is 5.73 Å². The Labute approximate surface area is 115 Å². The van der Waals surface area contributed by atoms with Crippen LogP contribution in [0.2, 0.25) is 0 Å². The smallest absolute Gasteiger partial charge is 0.140 e. The fraction of sp³-hybridized carbons (Fsp3) is 0.143. The van der Waals surface area contributed by atoms with Gasteiger partial charge in [-0.15, -0.1) is 0 Å². The zero-order chi connectivity index (χ0) is 12.3. The molecule has 2 aromatic carbocycles. The second-order valence-corrected chi connectivity index (χ2v) is 4.99. The lowest BCUT2D eigenvalue weighted by Crippen LogP contribution is -1.99. The molecule has 0 aromatic heterocycles. The van der Waals surface area contributed by atoms with E-state index < -0.39 is 0 Å². The number of hydrogen-bond acceptors (Lipinski definition) is 2. The van der Waals surface area contributed by atoms with Crippen LogP contribution in [0.3, 0.4) is 0 Å². The number of aryl methyl sites for hydroxylation is 1. The van der Waals surface area contributed by atoms with Gasteiger partial charge in [0.1, 0.15) is 11.5 Å². The molecule has 0 amide bonds. The third kappa shape index (κ3) is 2.98. The Morgan fingerprint density at radius 2 is 1.94 bits per heavy atom. The van der Waals surface area contributed by atoms with E-state index >= 15 is 0 Å². The molecule has 0 atom stereocenters.